The minimum atomic E-state index is -0.241. The van der Waals surface area contributed by atoms with Crippen molar-refractivity contribution in [2.24, 2.45) is 0 Å². The van der Waals surface area contributed by atoms with Gasteiger partial charge in [0.15, 0.2) is 23.0 Å². The minimum absolute atomic E-state index is 0.168. The standard InChI is InChI=1S/C21H17N5O3/c1-13-2-4-14(5-3-13)16-7-9-19-23-24-20(26(19)25-16)11-22-21(27)15-6-8-17-18(10-15)29-12-28-17/h2-10H,11-12H2,1H3,(H,22,27). The molecule has 2 aromatic heterocycles. The van der Waals surface area contributed by atoms with Gasteiger partial charge < -0.3 is 14.8 Å². The molecule has 8 nitrogen and oxygen atoms in total. The Morgan fingerprint density at radius 2 is 1.86 bits per heavy atom. The average Bonchev–Trinajstić information content (AvgIpc) is 3.38. The van der Waals surface area contributed by atoms with Gasteiger partial charge in [0.2, 0.25) is 6.79 Å². The number of amides is 1. The first-order valence-corrected chi connectivity index (χ1v) is 9.13. The van der Waals surface area contributed by atoms with Crippen LogP contribution in [0.2, 0.25) is 0 Å². The van der Waals surface area contributed by atoms with Gasteiger partial charge in [0.25, 0.3) is 5.91 Å². The summed E-state index contributed by atoms with van der Waals surface area (Å²) in [5, 5.41) is 15.8. The van der Waals surface area contributed by atoms with Gasteiger partial charge in [-0.1, -0.05) is 29.8 Å². The average molecular weight is 387 g/mol. The molecule has 0 saturated heterocycles. The molecule has 0 unspecified atom stereocenters. The largest absolute Gasteiger partial charge is 0.454 e. The van der Waals surface area contributed by atoms with E-state index in [2.05, 4.69) is 20.6 Å². The number of hydrogen-bond donors (Lipinski definition) is 1. The Morgan fingerprint density at radius 1 is 1.03 bits per heavy atom. The molecule has 0 radical (unpaired) electrons. The van der Waals surface area contributed by atoms with Crippen molar-refractivity contribution in [1.29, 1.82) is 0 Å². The summed E-state index contributed by atoms with van der Waals surface area (Å²) in [6.45, 7) is 2.40. The Labute approximate surface area is 166 Å². The highest BCUT2D eigenvalue weighted by Crippen LogP contribution is 2.32. The van der Waals surface area contributed by atoms with Crippen LogP contribution >= 0.6 is 0 Å². The smallest absolute Gasteiger partial charge is 0.251 e. The van der Waals surface area contributed by atoms with Crippen LogP contribution in [0.15, 0.2) is 54.6 Å². The van der Waals surface area contributed by atoms with Crippen molar-refractivity contribution in [2.45, 2.75) is 13.5 Å². The van der Waals surface area contributed by atoms with E-state index in [-0.39, 0.29) is 19.2 Å². The van der Waals surface area contributed by atoms with Crippen LogP contribution in [0.1, 0.15) is 21.7 Å². The number of benzene rings is 2. The maximum absolute atomic E-state index is 12.5. The Balaban J connectivity index is 1.37. The number of ether oxygens (including phenoxy) is 2. The number of aromatic nitrogens is 4. The summed E-state index contributed by atoms with van der Waals surface area (Å²) in [5.74, 6) is 1.51. The lowest BCUT2D eigenvalue weighted by atomic mass is 10.1. The normalized spacial score (nSPS) is 12.3. The van der Waals surface area contributed by atoms with E-state index in [9.17, 15) is 4.79 Å². The number of nitrogens with one attached hydrogen (secondary N) is 1. The van der Waals surface area contributed by atoms with Crippen LogP contribution in [0.3, 0.4) is 0 Å². The molecular weight excluding hydrogens is 370 g/mol. The predicted octanol–water partition coefficient (Wildman–Crippen LogP) is 2.76. The zero-order valence-electron chi connectivity index (χ0n) is 15.6. The van der Waals surface area contributed by atoms with Gasteiger partial charge in [-0.3, -0.25) is 4.79 Å². The number of fused-ring (bicyclic) bond motifs is 2. The topological polar surface area (TPSA) is 90.6 Å². The summed E-state index contributed by atoms with van der Waals surface area (Å²) in [7, 11) is 0. The Hall–Kier alpha value is -3.94. The maximum atomic E-state index is 12.5. The summed E-state index contributed by atoms with van der Waals surface area (Å²) in [6, 6.07) is 17.0. The zero-order chi connectivity index (χ0) is 19.8. The molecule has 1 aliphatic heterocycles. The fourth-order valence-corrected chi connectivity index (χ4v) is 3.12. The molecule has 0 atom stereocenters. The summed E-state index contributed by atoms with van der Waals surface area (Å²) in [4.78, 5) is 12.5. The molecule has 3 heterocycles. The first-order valence-electron chi connectivity index (χ1n) is 9.13. The SMILES string of the molecule is Cc1ccc(-c2ccc3nnc(CNC(=O)c4ccc5c(c4)OCO5)n3n2)cc1. The first kappa shape index (κ1) is 17.2. The Bertz CT molecular complexity index is 1220. The van der Waals surface area contributed by atoms with Crippen LogP contribution in [0.5, 0.6) is 11.5 Å². The highest BCUT2D eigenvalue weighted by Gasteiger charge is 2.17. The lowest BCUT2D eigenvalue weighted by Crippen LogP contribution is -2.24. The van der Waals surface area contributed by atoms with Gasteiger partial charge in [0.05, 0.1) is 12.2 Å². The first-order chi connectivity index (χ1) is 14.2. The van der Waals surface area contributed by atoms with Gasteiger partial charge in [-0.25, -0.2) is 0 Å². The van der Waals surface area contributed by atoms with Crippen molar-refractivity contribution in [3.8, 4) is 22.8 Å². The number of carbonyl (C=O) groups is 1. The van der Waals surface area contributed by atoms with Gasteiger partial charge >= 0.3 is 0 Å². The molecule has 144 valence electrons. The monoisotopic (exact) mass is 387 g/mol. The van der Waals surface area contributed by atoms with Crippen molar-refractivity contribution in [3.63, 3.8) is 0 Å². The molecule has 1 aliphatic rings. The van der Waals surface area contributed by atoms with Gasteiger partial charge in [-0.2, -0.15) is 9.61 Å². The number of carbonyl (C=O) groups excluding carboxylic acids is 1. The highest BCUT2D eigenvalue weighted by molar-refractivity contribution is 5.94. The number of aryl methyl sites for hydroxylation is 1. The zero-order valence-corrected chi connectivity index (χ0v) is 15.6. The van der Waals surface area contributed by atoms with Crippen molar-refractivity contribution in [3.05, 3.63) is 71.5 Å². The minimum Gasteiger partial charge on any atom is -0.454 e. The van der Waals surface area contributed by atoms with Crippen LogP contribution in [0.25, 0.3) is 16.9 Å². The third-order valence-electron chi connectivity index (χ3n) is 4.72. The van der Waals surface area contributed by atoms with E-state index in [4.69, 9.17) is 9.47 Å². The van der Waals surface area contributed by atoms with Gasteiger partial charge in [-0.15, -0.1) is 10.2 Å². The molecule has 1 amide bonds. The van der Waals surface area contributed by atoms with Crippen LogP contribution in [0.4, 0.5) is 0 Å². The molecule has 5 rings (SSSR count). The molecule has 0 aliphatic carbocycles. The number of rotatable bonds is 4. The van der Waals surface area contributed by atoms with Gasteiger partial charge in [-0.05, 0) is 37.3 Å². The molecule has 0 bridgehead atoms. The lowest BCUT2D eigenvalue weighted by molar-refractivity contribution is 0.0949. The summed E-state index contributed by atoms with van der Waals surface area (Å²) >= 11 is 0. The Kier molecular flexibility index (Phi) is 4.09. The third kappa shape index (κ3) is 3.25. The molecule has 0 saturated carbocycles. The highest BCUT2D eigenvalue weighted by atomic mass is 16.7. The van der Waals surface area contributed by atoms with Crippen molar-refractivity contribution >= 4 is 11.6 Å². The second-order valence-corrected chi connectivity index (χ2v) is 6.72. The summed E-state index contributed by atoms with van der Waals surface area (Å²) < 4.78 is 12.2. The van der Waals surface area contributed by atoms with E-state index in [1.54, 1.807) is 22.7 Å². The number of hydrogen-bond acceptors (Lipinski definition) is 6. The molecule has 1 N–H and O–H groups in total. The molecular formula is C21H17N5O3. The molecule has 4 aromatic rings. The van der Waals surface area contributed by atoms with E-state index in [0.29, 0.717) is 28.5 Å². The van der Waals surface area contributed by atoms with Crippen molar-refractivity contribution in [2.75, 3.05) is 6.79 Å². The fraction of sp³-hybridized carbons (Fsp3) is 0.143. The van der Waals surface area contributed by atoms with E-state index < -0.39 is 0 Å². The lowest BCUT2D eigenvalue weighted by Gasteiger charge is -2.06. The van der Waals surface area contributed by atoms with Crippen molar-refractivity contribution < 1.29 is 14.3 Å². The summed E-state index contributed by atoms with van der Waals surface area (Å²) in [5.41, 5.74) is 4.10. The van der Waals surface area contributed by atoms with E-state index in [1.165, 1.54) is 5.56 Å². The molecule has 0 fully saturated rings. The van der Waals surface area contributed by atoms with Crippen LogP contribution in [-0.2, 0) is 6.54 Å². The van der Waals surface area contributed by atoms with E-state index in [1.807, 2.05) is 43.3 Å². The third-order valence-corrected chi connectivity index (χ3v) is 4.72. The maximum Gasteiger partial charge on any atom is 0.251 e. The van der Waals surface area contributed by atoms with E-state index >= 15 is 0 Å². The fourth-order valence-electron chi connectivity index (χ4n) is 3.12. The van der Waals surface area contributed by atoms with Crippen LogP contribution in [-0.4, -0.2) is 32.5 Å². The van der Waals surface area contributed by atoms with E-state index in [0.717, 1.165) is 11.3 Å². The predicted molar refractivity (Wildman–Crippen MR) is 105 cm³/mol. The van der Waals surface area contributed by atoms with Gasteiger partial charge in [0.1, 0.15) is 0 Å². The molecule has 29 heavy (non-hydrogen) atoms. The van der Waals surface area contributed by atoms with Gasteiger partial charge in [0, 0.05) is 11.1 Å². The molecule has 0 spiro atoms. The second kappa shape index (κ2) is 6.90. The number of nitrogens with zero attached hydrogens (tertiary/aromatic N) is 4. The van der Waals surface area contributed by atoms with Crippen molar-refractivity contribution in [1.82, 2.24) is 25.1 Å². The van der Waals surface area contributed by atoms with Crippen LogP contribution in [0, 0.1) is 6.92 Å². The molecule has 8 heteroatoms. The quantitative estimate of drug-likeness (QED) is 0.579. The Morgan fingerprint density at radius 3 is 2.72 bits per heavy atom. The summed E-state index contributed by atoms with van der Waals surface area (Å²) in [6.07, 6.45) is 0. The second-order valence-electron chi connectivity index (χ2n) is 6.72. The molecule has 2 aromatic carbocycles. The van der Waals surface area contributed by atoms with Crippen LogP contribution < -0.4 is 14.8 Å².